The summed E-state index contributed by atoms with van der Waals surface area (Å²) >= 11 is 3.04. The van der Waals surface area contributed by atoms with Gasteiger partial charge in [-0.05, 0) is 36.6 Å². The second-order valence-electron chi connectivity index (χ2n) is 6.07. The van der Waals surface area contributed by atoms with Crippen LogP contribution in [-0.4, -0.2) is 32.9 Å². The van der Waals surface area contributed by atoms with Crippen molar-refractivity contribution in [2.45, 2.75) is 28.5 Å². The van der Waals surface area contributed by atoms with Crippen LogP contribution < -0.4 is 10.0 Å². The van der Waals surface area contributed by atoms with Crippen molar-refractivity contribution < 1.29 is 13.2 Å². The highest BCUT2D eigenvalue weighted by atomic mass is 32.2. The first-order valence-corrected chi connectivity index (χ1v) is 12.2. The maximum absolute atomic E-state index is 12.6. The van der Waals surface area contributed by atoms with Crippen LogP contribution in [0.2, 0.25) is 0 Å². The summed E-state index contributed by atoms with van der Waals surface area (Å²) in [6.45, 7) is 3.90. The van der Waals surface area contributed by atoms with Crippen LogP contribution in [0.1, 0.15) is 13.8 Å². The summed E-state index contributed by atoms with van der Waals surface area (Å²) in [5.41, 5.74) is 0.516. The number of amides is 1. The van der Waals surface area contributed by atoms with E-state index in [2.05, 4.69) is 10.0 Å². The van der Waals surface area contributed by atoms with Crippen LogP contribution in [0.4, 0.5) is 5.69 Å². The first kappa shape index (κ1) is 21.8. The average Bonchev–Trinajstić information content (AvgIpc) is 2.66. The number of rotatable bonds is 9. The molecule has 0 aliphatic heterocycles. The highest BCUT2D eigenvalue weighted by molar-refractivity contribution is 7.99. The second kappa shape index (κ2) is 10.2. The van der Waals surface area contributed by atoms with Gasteiger partial charge in [-0.1, -0.05) is 32.0 Å². The monoisotopic (exact) mass is 424 g/mol. The molecule has 0 heterocycles. The zero-order valence-electron chi connectivity index (χ0n) is 15.6. The summed E-state index contributed by atoms with van der Waals surface area (Å²) in [6.07, 6.45) is 1.88. The lowest BCUT2D eigenvalue weighted by atomic mass is 10.2. The van der Waals surface area contributed by atoms with Crippen LogP contribution in [0, 0.1) is 5.92 Å². The van der Waals surface area contributed by atoms with E-state index >= 15 is 0 Å². The lowest BCUT2D eigenvalue weighted by Gasteiger charge is -2.14. The van der Waals surface area contributed by atoms with Gasteiger partial charge in [0, 0.05) is 28.0 Å². The zero-order valence-corrected chi connectivity index (χ0v) is 18.0. The fourth-order valence-corrected chi connectivity index (χ4v) is 4.68. The molecule has 0 atom stereocenters. The molecule has 146 valence electrons. The number of thioether (sulfide) groups is 2. The third kappa shape index (κ3) is 6.57. The lowest BCUT2D eigenvalue weighted by molar-refractivity contribution is -0.118. The van der Waals surface area contributed by atoms with Gasteiger partial charge in [-0.15, -0.1) is 23.5 Å². The number of sulfonamides is 1. The minimum atomic E-state index is -3.64. The highest BCUT2D eigenvalue weighted by Crippen LogP contribution is 2.28. The molecule has 0 radical (unpaired) electrons. The first-order chi connectivity index (χ1) is 12.8. The number of carbonyl (C=O) groups excluding carboxylic acids is 1. The van der Waals surface area contributed by atoms with Gasteiger partial charge in [0.25, 0.3) is 0 Å². The molecular formula is C19H24N2O3S3. The summed E-state index contributed by atoms with van der Waals surface area (Å²) < 4.78 is 27.8. The smallest absolute Gasteiger partial charge is 0.240 e. The predicted octanol–water partition coefficient (Wildman–Crippen LogP) is 4.07. The van der Waals surface area contributed by atoms with E-state index in [-0.39, 0.29) is 16.7 Å². The fraction of sp³-hybridized carbons (Fsp3) is 0.316. The molecule has 0 bridgehead atoms. The molecule has 2 aromatic carbocycles. The molecular weight excluding hydrogens is 400 g/mol. The van der Waals surface area contributed by atoms with Crippen molar-refractivity contribution in [3.05, 3.63) is 48.5 Å². The minimum Gasteiger partial charge on any atom is -0.325 e. The number of benzene rings is 2. The Balaban J connectivity index is 2.05. The number of nitrogens with one attached hydrogen (secondary N) is 2. The van der Waals surface area contributed by atoms with Gasteiger partial charge in [-0.3, -0.25) is 4.79 Å². The molecule has 5 nitrogen and oxygen atoms in total. The Morgan fingerprint density at radius 1 is 1.11 bits per heavy atom. The van der Waals surface area contributed by atoms with Gasteiger partial charge < -0.3 is 5.32 Å². The average molecular weight is 425 g/mol. The quantitative estimate of drug-likeness (QED) is 0.469. The van der Waals surface area contributed by atoms with Gasteiger partial charge in [0.1, 0.15) is 0 Å². The van der Waals surface area contributed by atoms with Crippen LogP contribution in [-0.2, 0) is 14.8 Å². The van der Waals surface area contributed by atoms with Crippen LogP contribution in [0.5, 0.6) is 0 Å². The van der Waals surface area contributed by atoms with E-state index in [4.69, 9.17) is 0 Å². The van der Waals surface area contributed by atoms with E-state index in [1.807, 2.05) is 36.6 Å². The molecule has 0 aliphatic rings. The van der Waals surface area contributed by atoms with E-state index in [0.717, 1.165) is 9.79 Å². The summed E-state index contributed by atoms with van der Waals surface area (Å²) in [4.78, 5) is 14.1. The number of anilines is 1. The summed E-state index contributed by atoms with van der Waals surface area (Å²) in [6, 6.07) is 14.6. The van der Waals surface area contributed by atoms with Crippen molar-refractivity contribution in [2.24, 2.45) is 5.92 Å². The van der Waals surface area contributed by atoms with Gasteiger partial charge in [0.15, 0.2) is 0 Å². The molecule has 2 rings (SSSR count). The maximum Gasteiger partial charge on any atom is 0.240 e. The fourth-order valence-electron chi connectivity index (χ4n) is 2.17. The highest BCUT2D eigenvalue weighted by Gasteiger charge is 2.17. The van der Waals surface area contributed by atoms with E-state index in [9.17, 15) is 13.2 Å². The second-order valence-corrected chi connectivity index (χ2v) is 9.85. The third-order valence-corrected chi connectivity index (χ3v) is 6.94. The van der Waals surface area contributed by atoms with Gasteiger partial charge in [0.2, 0.25) is 15.9 Å². The van der Waals surface area contributed by atoms with Gasteiger partial charge in [-0.2, -0.15) is 0 Å². The lowest BCUT2D eigenvalue weighted by Crippen LogP contribution is -2.26. The van der Waals surface area contributed by atoms with Crippen molar-refractivity contribution in [3.8, 4) is 0 Å². The van der Waals surface area contributed by atoms with Crippen LogP contribution in [0.15, 0.2) is 63.2 Å². The van der Waals surface area contributed by atoms with Crippen molar-refractivity contribution in [3.63, 3.8) is 0 Å². The molecule has 8 heteroatoms. The Bertz CT molecular complexity index is 869. The Hall–Kier alpha value is -1.48. The van der Waals surface area contributed by atoms with Gasteiger partial charge in [-0.25, -0.2) is 13.1 Å². The minimum absolute atomic E-state index is 0.143. The first-order valence-electron chi connectivity index (χ1n) is 8.50. The molecule has 2 N–H and O–H groups in total. The Morgan fingerprint density at radius 2 is 1.81 bits per heavy atom. The van der Waals surface area contributed by atoms with E-state index in [0.29, 0.717) is 18.0 Å². The molecule has 0 aromatic heterocycles. The number of hydrogen-bond acceptors (Lipinski definition) is 5. The molecule has 0 saturated heterocycles. The van der Waals surface area contributed by atoms with E-state index in [1.165, 1.54) is 17.8 Å². The maximum atomic E-state index is 12.6. The molecule has 0 saturated carbocycles. The van der Waals surface area contributed by atoms with Gasteiger partial charge >= 0.3 is 0 Å². The van der Waals surface area contributed by atoms with Crippen molar-refractivity contribution in [1.82, 2.24) is 4.72 Å². The van der Waals surface area contributed by atoms with Crippen LogP contribution >= 0.6 is 23.5 Å². The topological polar surface area (TPSA) is 75.3 Å². The summed E-state index contributed by atoms with van der Waals surface area (Å²) in [7, 11) is -3.64. The SMILES string of the molecule is CSc1ccc(S(=O)(=O)NCCSc2ccccc2)cc1NC(=O)C(C)C. The number of hydrogen-bond donors (Lipinski definition) is 2. The summed E-state index contributed by atoms with van der Waals surface area (Å²) in [5, 5.41) is 2.81. The zero-order chi connectivity index (χ0) is 19.9. The van der Waals surface area contributed by atoms with Crippen LogP contribution in [0.3, 0.4) is 0 Å². The van der Waals surface area contributed by atoms with Gasteiger partial charge in [0.05, 0.1) is 10.6 Å². The van der Waals surface area contributed by atoms with E-state index < -0.39 is 10.0 Å². The van der Waals surface area contributed by atoms with Crippen LogP contribution in [0.25, 0.3) is 0 Å². The Morgan fingerprint density at radius 3 is 2.44 bits per heavy atom. The molecule has 27 heavy (non-hydrogen) atoms. The molecule has 1 amide bonds. The Labute approximate surface area is 169 Å². The molecule has 0 fully saturated rings. The molecule has 0 aliphatic carbocycles. The molecule has 0 unspecified atom stereocenters. The third-order valence-electron chi connectivity index (χ3n) is 3.67. The molecule has 0 spiro atoms. The van der Waals surface area contributed by atoms with Crippen molar-refractivity contribution >= 4 is 45.1 Å². The normalized spacial score (nSPS) is 11.6. The molecule has 2 aromatic rings. The summed E-state index contributed by atoms with van der Waals surface area (Å²) in [5.74, 6) is 0.295. The standard InChI is InChI=1S/C19H24N2O3S3/c1-14(2)19(22)21-17-13-16(9-10-18(17)25-3)27(23,24)20-11-12-26-15-7-5-4-6-8-15/h4-10,13-14,20H,11-12H2,1-3H3,(H,21,22). The van der Waals surface area contributed by atoms with E-state index in [1.54, 1.807) is 37.7 Å². The largest absolute Gasteiger partial charge is 0.325 e. The predicted molar refractivity (Wildman–Crippen MR) is 114 cm³/mol. The Kier molecular flexibility index (Phi) is 8.22. The van der Waals surface area contributed by atoms with Crippen molar-refractivity contribution in [2.75, 3.05) is 23.9 Å². The van der Waals surface area contributed by atoms with Crippen molar-refractivity contribution in [1.29, 1.82) is 0 Å². The number of carbonyl (C=O) groups is 1.